The van der Waals surface area contributed by atoms with Gasteiger partial charge in [-0.15, -0.1) is 0 Å². The van der Waals surface area contributed by atoms with Gasteiger partial charge in [0, 0.05) is 5.56 Å². The van der Waals surface area contributed by atoms with Crippen molar-refractivity contribution < 1.29 is 22.0 Å². The monoisotopic (exact) mass is 312 g/mol. The predicted molar refractivity (Wildman–Crippen MR) is 61.7 cm³/mol. The summed E-state index contributed by atoms with van der Waals surface area (Å²) in [6.45, 7) is 0. The summed E-state index contributed by atoms with van der Waals surface area (Å²) in [5, 5.41) is -0.365. The second-order valence-electron chi connectivity index (χ2n) is 3.55. The molecule has 0 fully saturated rings. The predicted octanol–water partition coefficient (Wildman–Crippen LogP) is 5.36. The van der Waals surface area contributed by atoms with Crippen molar-refractivity contribution in [1.29, 1.82) is 0 Å². The standard InChI is InChI=1S/C12H3Cl2F5/c13-5-3-1-2-4(7(5)14)6-8(15)10(17)12(19)11(18)9(6)16/h1-3H. The highest BCUT2D eigenvalue weighted by molar-refractivity contribution is 6.43. The summed E-state index contributed by atoms with van der Waals surface area (Å²) in [4.78, 5) is 0. The number of hydrogen-bond acceptors (Lipinski definition) is 0. The lowest BCUT2D eigenvalue weighted by atomic mass is 10.0. The van der Waals surface area contributed by atoms with E-state index < -0.39 is 34.6 Å². The van der Waals surface area contributed by atoms with Crippen LogP contribution >= 0.6 is 23.2 Å². The molecule has 0 heterocycles. The average Bonchev–Trinajstić information content (AvgIpc) is 2.39. The first-order chi connectivity index (χ1) is 8.86. The Morgan fingerprint density at radius 2 is 1.16 bits per heavy atom. The van der Waals surface area contributed by atoms with Gasteiger partial charge in [0.2, 0.25) is 5.82 Å². The molecule has 0 N–H and O–H groups in total. The molecule has 0 nitrogen and oxygen atoms in total. The Labute approximate surface area is 114 Å². The number of benzene rings is 2. The molecule has 0 atom stereocenters. The fraction of sp³-hybridized carbons (Fsp3) is 0. The van der Waals surface area contributed by atoms with E-state index in [2.05, 4.69) is 0 Å². The van der Waals surface area contributed by atoms with Crippen LogP contribution < -0.4 is 0 Å². The Hall–Kier alpha value is -1.33. The highest BCUT2D eigenvalue weighted by Gasteiger charge is 2.27. The van der Waals surface area contributed by atoms with Crippen molar-refractivity contribution in [2.24, 2.45) is 0 Å². The zero-order valence-electron chi connectivity index (χ0n) is 8.88. The van der Waals surface area contributed by atoms with E-state index in [1.54, 1.807) is 0 Å². The molecular weight excluding hydrogens is 310 g/mol. The molecule has 2 rings (SSSR count). The SMILES string of the molecule is Fc1c(F)c(F)c(-c2cccc(Cl)c2Cl)c(F)c1F. The molecule has 0 aliphatic heterocycles. The van der Waals surface area contributed by atoms with Gasteiger partial charge in [0.05, 0.1) is 15.6 Å². The molecular formula is C12H3Cl2F5. The molecule has 0 aliphatic rings. The molecule has 0 radical (unpaired) electrons. The first kappa shape index (κ1) is 14.1. The third-order valence-corrected chi connectivity index (χ3v) is 3.25. The Morgan fingerprint density at radius 3 is 1.68 bits per heavy atom. The lowest BCUT2D eigenvalue weighted by Crippen LogP contribution is -2.04. The molecule has 0 bridgehead atoms. The van der Waals surface area contributed by atoms with Gasteiger partial charge in [-0.25, -0.2) is 22.0 Å². The maximum atomic E-state index is 13.6. The minimum absolute atomic E-state index is 0.0666. The zero-order valence-corrected chi connectivity index (χ0v) is 10.4. The van der Waals surface area contributed by atoms with Gasteiger partial charge in [-0.1, -0.05) is 35.3 Å². The van der Waals surface area contributed by atoms with Gasteiger partial charge in [0.1, 0.15) is 0 Å². The lowest BCUT2D eigenvalue weighted by molar-refractivity contribution is 0.381. The van der Waals surface area contributed by atoms with E-state index in [0.717, 1.165) is 6.07 Å². The van der Waals surface area contributed by atoms with Crippen LogP contribution in [-0.2, 0) is 0 Å². The number of hydrogen-bond donors (Lipinski definition) is 0. The summed E-state index contributed by atoms with van der Waals surface area (Å²) in [6.07, 6.45) is 0. The van der Waals surface area contributed by atoms with Crippen molar-refractivity contribution in [2.75, 3.05) is 0 Å². The van der Waals surface area contributed by atoms with Crippen LogP contribution in [0.1, 0.15) is 0 Å². The third kappa shape index (κ3) is 2.17. The van der Waals surface area contributed by atoms with Crippen molar-refractivity contribution in [3.05, 3.63) is 57.3 Å². The zero-order chi connectivity index (χ0) is 14.3. The lowest BCUT2D eigenvalue weighted by Gasteiger charge is -2.10. The van der Waals surface area contributed by atoms with E-state index in [1.165, 1.54) is 12.1 Å². The second-order valence-corrected chi connectivity index (χ2v) is 4.33. The quantitative estimate of drug-likeness (QED) is 0.378. The molecule has 0 amide bonds. The van der Waals surface area contributed by atoms with Crippen LogP contribution in [0.25, 0.3) is 11.1 Å². The van der Waals surface area contributed by atoms with Gasteiger partial charge in [-0.3, -0.25) is 0 Å². The van der Waals surface area contributed by atoms with Crippen LogP contribution in [0.5, 0.6) is 0 Å². The highest BCUT2D eigenvalue weighted by Crippen LogP contribution is 2.38. The molecule has 0 spiro atoms. The van der Waals surface area contributed by atoms with Crippen molar-refractivity contribution in [3.63, 3.8) is 0 Å². The van der Waals surface area contributed by atoms with Crippen LogP contribution in [0.15, 0.2) is 18.2 Å². The van der Waals surface area contributed by atoms with E-state index in [0.29, 0.717) is 0 Å². The first-order valence-electron chi connectivity index (χ1n) is 4.82. The van der Waals surface area contributed by atoms with Crippen LogP contribution in [0.2, 0.25) is 10.0 Å². The summed E-state index contributed by atoms with van der Waals surface area (Å²) < 4.78 is 66.2. The average molecular weight is 313 g/mol. The van der Waals surface area contributed by atoms with E-state index in [9.17, 15) is 22.0 Å². The van der Waals surface area contributed by atoms with Gasteiger partial charge >= 0.3 is 0 Å². The largest absolute Gasteiger partial charge is 0.203 e. The number of rotatable bonds is 1. The van der Waals surface area contributed by atoms with E-state index in [-0.39, 0.29) is 15.6 Å². The summed E-state index contributed by atoms with van der Waals surface area (Å²) in [5.41, 5.74) is -1.48. The molecule has 0 saturated carbocycles. The van der Waals surface area contributed by atoms with Gasteiger partial charge in [-0.2, -0.15) is 0 Å². The van der Waals surface area contributed by atoms with Gasteiger partial charge in [0.15, 0.2) is 23.3 Å². The van der Waals surface area contributed by atoms with Crippen LogP contribution in [0, 0.1) is 29.1 Å². The molecule has 2 aromatic carbocycles. The van der Waals surface area contributed by atoms with Crippen LogP contribution in [0.3, 0.4) is 0 Å². The molecule has 0 unspecified atom stereocenters. The molecule has 100 valence electrons. The van der Waals surface area contributed by atoms with Crippen molar-refractivity contribution in [1.82, 2.24) is 0 Å². The van der Waals surface area contributed by atoms with Gasteiger partial charge < -0.3 is 0 Å². The molecule has 0 aromatic heterocycles. The minimum atomic E-state index is -2.23. The second kappa shape index (κ2) is 4.98. The van der Waals surface area contributed by atoms with Crippen LogP contribution in [0.4, 0.5) is 22.0 Å². The van der Waals surface area contributed by atoms with E-state index in [1.807, 2.05) is 0 Å². The Morgan fingerprint density at radius 1 is 0.684 bits per heavy atom. The van der Waals surface area contributed by atoms with Gasteiger partial charge in [0.25, 0.3) is 0 Å². The third-order valence-electron chi connectivity index (χ3n) is 2.43. The normalized spacial score (nSPS) is 10.9. The molecule has 0 saturated heterocycles. The Bertz CT molecular complexity index is 641. The van der Waals surface area contributed by atoms with E-state index in [4.69, 9.17) is 23.2 Å². The fourth-order valence-corrected chi connectivity index (χ4v) is 1.93. The Balaban J connectivity index is 2.87. The molecule has 19 heavy (non-hydrogen) atoms. The summed E-state index contributed by atoms with van der Waals surface area (Å²) in [6, 6.07) is 3.70. The molecule has 2 aromatic rings. The molecule has 0 aliphatic carbocycles. The van der Waals surface area contributed by atoms with Gasteiger partial charge in [-0.05, 0) is 6.07 Å². The van der Waals surface area contributed by atoms with Crippen molar-refractivity contribution >= 4 is 23.2 Å². The fourth-order valence-electron chi connectivity index (χ4n) is 1.54. The Kier molecular flexibility index (Phi) is 3.69. The van der Waals surface area contributed by atoms with Crippen molar-refractivity contribution in [3.8, 4) is 11.1 Å². The topological polar surface area (TPSA) is 0 Å². The summed E-state index contributed by atoms with van der Waals surface area (Å²) >= 11 is 11.4. The maximum absolute atomic E-state index is 13.6. The maximum Gasteiger partial charge on any atom is 0.200 e. The smallest absolute Gasteiger partial charge is 0.200 e. The highest BCUT2D eigenvalue weighted by atomic mass is 35.5. The van der Waals surface area contributed by atoms with Crippen LogP contribution in [-0.4, -0.2) is 0 Å². The van der Waals surface area contributed by atoms with Crippen molar-refractivity contribution in [2.45, 2.75) is 0 Å². The first-order valence-corrected chi connectivity index (χ1v) is 5.57. The minimum Gasteiger partial charge on any atom is -0.203 e. The van der Waals surface area contributed by atoms with E-state index >= 15 is 0 Å². The summed E-state index contributed by atoms with van der Waals surface area (Å²) in [5.74, 6) is -10.2. The summed E-state index contributed by atoms with van der Waals surface area (Å²) in [7, 11) is 0. The number of halogens is 7. The molecule has 7 heteroatoms.